The molecule has 3 aromatic carbocycles. The third kappa shape index (κ3) is 6.52. The van der Waals surface area contributed by atoms with Crippen molar-refractivity contribution in [3.05, 3.63) is 87.2 Å². The lowest BCUT2D eigenvalue weighted by Crippen LogP contribution is -2.27. The summed E-state index contributed by atoms with van der Waals surface area (Å²) in [5.41, 5.74) is 2.03. The zero-order valence-corrected chi connectivity index (χ0v) is 22.4. The number of amides is 3. The average Bonchev–Trinajstić information content (AvgIpc) is 3.15. The van der Waals surface area contributed by atoms with Crippen molar-refractivity contribution in [1.82, 2.24) is 4.90 Å². The van der Waals surface area contributed by atoms with E-state index in [0.29, 0.717) is 33.4 Å². The lowest BCUT2D eigenvalue weighted by atomic mass is 10.1. The second kappa shape index (κ2) is 12.0. The predicted molar refractivity (Wildman–Crippen MR) is 146 cm³/mol. The van der Waals surface area contributed by atoms with Gasteiger partial charge >= 0.3 is 0 Å². The molecule has 8 nitrogen and oxygen atoms in total. The highest BCUT2D eigenvalue weighted by molar-refractivity contribution is 9.10. The Morgan fingerprint density at radius 3 is 2.51 bits per heavy atom. The zero-order valence-electron chi connectivity index (χ0n) is 20.0. The third-order valence-electron chi connectivity index (χ3n) is 5.33. The van der Waals surface area contributed by atoms with Gasteiger partial charge < -0.3 is 19.5 Å². The van der Waals surface area contributed by atoms with Crippen molar-refractivity contribution in [3.63, 3.8) is 0 Å². The van der Waals surface area contributed by atoms with Crippen molar-refractivity contribution in [2.24, 2.45) is 0 Å². The first kappa shape index (κ1) is 26.3. The molecule has 1 heterocycles. The standard InChI is InChI=1S/C27H23BrN2O6S/c1-34-21-9-4-3-8-20(21)29-25(31)16-36-22-11-10-17(13-23(22)35-2)14-24-26(32)30(27(33)37-24)15-18-6-5-7-19(28)12-18/h3-14H,15-16H2,1-2H3,(H,29,31)/b24-14-. The number of methoxy groups -OCH3 is 2. The third-order valence-corrected chi connectivity index (χ3v) is 6.73. The molecule has 37 heavy (non-hydrogen) atoms. The van der Waals surface area contributed by atoms with Crippen molar-refractivity contribution in [1.29, 1.82) is 0 Å². The molecule has 3 amide bonds. The Morgan fingerprint density at radius 1 is 0.973 bits per heavy atom. The fourth-order valence-electron chi connectivity index (χ4n) is 3.58. The van der Waals surface area contributed by atoms with Gasteiger partial charge in [0.25, 0.3) is 17.1 Å². The highest BCUT2D eigenvalue weighted by Crippen LogP contribution is 2.35. The molecule has 0 radical (unpaired) electrons. The van der Waals surface area contributed by atoms with Crippen LogP contribution < -0.4 is 19.5 Å². The van der Waals surface area contributed by atoms with Crippen LogP contribution in [0.25, 0.3) is 6.08 Å². The monoisotopic (exact) mass is 582 g/mol. The van der Waals surface area contributed by atoms with Crippen molar-refractivity contribution in [2.75, 3.05) is 26.1 Å². The predicted octanol–water partition coefficient (Wildman–Crippen LogP) is 5.72. The number of carbonyl (C=O) groups is 3. The second-order valence-electron chi connectivity index (χ2n) is 7.85. The smallest absolute Gasteiger partial charge is 0.293 e. The maximum atomic E-state index is 12.9. The minimum absolute atomic E-state index is 0.189. The molecule has 0 bridgehead atoms. The lowest BCUT2D eigenvalue weighted by molar-refractivity contribution is -0.123. The van der Waals surface area contributed by atoms with Crippen LogP contribution in [-0.2, 0) is 16.1 Å². The van der Waals surface area contributed by atoms with E-state index in [-0.39, 0.29) is 30.2 Å². The molecule has 3 aromatic rings. The molecule has 190 valence electrons. The Morgan fingerprint density at radius 2 is 1.76 bits per heavy atom. The molecule has 0 atom stereocenters. The number of ether oxygens (including phenoxy) is 3. The molecule has 1 saturated heterocycles. The van der Waals surface area contributed by atoms with E-state index in [4.69, 9.17) is 14.2 Å². The van der Waals surface area contributed by atoms with E-state index in [9.17, 15) is 14.4 Å². The number of nitrogens with zero attached hydrogens (tertiary/aromatic N) is 1. The fraction of sp³-hybridized carbons (Fsp3) is 0.148. The number of hydrogen-bond donors (Lipinski definition) is 1. The number of halogens is 1. The minimum Gasteiger partial charge on any atom is -0.495 e. The van der Waals surface area contributed by atoms with Crippen molar-refractivity contribution >= 4 is 56.5 Å². The number of anilines is 1. The van der Waals surface area contributed by atoms with E-state index >= 15 is 0 Å². The van der Waals surface area contributed by atoms with Gasteiger partial charge in [0.05, 0.1) is 31.4 Å². The van der Waals surface area contributed by atoms with Gasteiger partial charge in [0, 0.05) is 4.47 Å². The average molecular weight is 583 g/mol. The van der Waals surface area contributed by atoms with Crippen molar-refractivity contribution in [3.8, 4) is 17.2 Å². The number of imide groups is 1. The van der Waals surface area contributed by atoms with Gasteiger partial charge in [-0.15, -0.1) is 0 Å². The molecule has 10 heteroatoms. The van der Waals surface area contributed by atoms with Gasteiger partial charge in [-0.3, -0.25) is 19.3 Å². The Labute approximate surface area is 226 Å². The molecular weight excluding hydrogens is 560 g/mol. The van der Waals surface area contributed by atoms with Crippen molar-refractivity contribution < 1.29 is 28.6 Å². The Hall–Kier alpha value is -3.76. The summed E-state index contributed by atoms with van der Waals surface area (Å²) in [5, 5.41) is 2.41. The van der Waals surface area contributed by atoms with Gasteiger partial charge in [-0.25, -0.2) is 0 Å². The normalized spacial score (nSPS) is 14.1. The molecular formula is C27H23BrN2O6S. The van der Waals surface area contributed by atoms with Crippen LogP contribution in [0.4, 0.5) is 10.5 Å². The van der Waals surface area contributed by atoms with Crippen LogP contribution in [0.2, 0.25) is 0 Å². The molecule has 0 aliphatic carbocycles. The van der Waals surface area contributed by atoms with Crippen LogP contribution in [0, 0.1) is 0 Å². The lowest BCUT2D eigenvalue weighted by Gasteiger charge is -2.13. The van der Waals surface area contributed by atoms with Crippen LogP contribution in [0.1, 0.15) is 11.1 Å². The largest absolute Gasteiger partial charge is 0.495 e. The first-order chi connectivity index (χ1) is 17.9. The Kier molecular flexibility index (Phi) is 8.52. The highest BCUT2D eigenvalue weighted by Gasteiger charge is 2.35. The first-order valence-corrected chi connectivity index (χ1v) is 12.7. The molecule has 0 saturated carbocycles. The minimum atomic E-state index is -0.366. The molecule has 1 aliphatic heterocycles. The number of thioether (sulfide) groups is 1. The SMILES string of the molecule is COc1ccccc1NC(=O)COc1ccc(/C=C2\SC(=O)N(Cc3cccc(Br)c3)C2=O)cc1OC. The fourth-order valence-corrected chi connectivity index (χ4v) is 4.86. The first-order valence-electron chi connectivity index (χ1n) is 11.1. The van der Waals surface area contributed by atoms with Gasteiger partial charge in [-0.2, -0.15) is 0 Å². The Balaban J connectivity index is 1.42. The molecule has 1 fully saturated rings. The van der Waals surface area contributed by atoms with Gasteiger partial charge in [0.1, 0.15) is 5.75 Å². The van der Waals surface area contributed by atoms with Crippen LogP contribution in [-0.4, -0.2) is 42.8 Å². The summed E-state index contributed by atoms with van der Waals surface area (Å²) in [5.74, 6) is 0.556. The number of carbonyl (C=O) groups excluding carboxylic acids is 3. The molecule has 0 unspecified atom stereocenters. The summed E-state index contributed by atoms with van der Waals surface area (Å²) in [4.78, 5) is 39.3. The number of nitrogens with one attached hydrogen (secondary N) is 1. The second-order valence-corrected chi connectivity index (χ2v) is 9.75. The number of benzene rings is 3. The zero-order chi connectivity index (χ0) is 26.4. The molecule has 1 aliphatic rings. The topological polar surface area (TPSA) is 94.2 Å². The summed E-state index contributed by atoms with van der Waals surface area (Å²) >= 11 is 4.29. The van der Waals surface area contributed by atoms with E-state index in [1.165, 1.54) is 19.1 Å². The van der Waals surface area contributed by atoms with Crippen LogP contribution in [0.5, 0.6) is 17.2 Å². The van der Waals surface area contributed by atoms with E-state index in [0.717, 1.165) is 21.8 Å². The van der Waals surface area contributed by atoms with Gasteiger partial charge in [0.2, 0.25) is 0 Å². The van der Waals surface area contributed by atoms with Gasteiger partial charge in [-0.1, -0.05) is 46.3 Å². The van der Waals surface area contributed by atoms with E-state index in [2.05, 4.69) is 21.2 Å². The number of hydrogen-bond acceptors (Lipinski definition) is 7. The molecule has 0 spiro atoms. The quantitative estimate of drug-likeness (QED) is 0.322. The molecule has 0 aromatic heterocycles. The Bertz CT molecular complexity index is 1380. The van der Waals surface area contributed by atoms with E-state index in [1.807, 2.05) is 24.3 Å². The highest BCUT2D eigenvalue weighted by atomic mass is 79.9. The number of rotatable bonds is 9. The maximum absolute atomic E-state index is 12.9. The molecule has 4 rings (SSSR count). The van der Waals surface area contributed by atoms with E-state index in [1.54, 1.807) is 48.5 Å². The van der Waals surface area contributed by atoms with Crippen LogP contribution in [0.3, 0.4) is 0 Å². The summed E-state index contributed by atoms with van der Waals surface area (Å²) in [6.07, 6.45) is 1.63. The van der Waals surface area contributed by atoms with Gasteiger partial charge in [0.15, 0.2) is 18.1 Å². The van der Waals surface area contributed by atoms with Crippen LogP contribution in [0.15, 0.2) is 76.1 Å². The summed E-state index contributed by atoms with van der Waals surface area (Å²) in [6, 6.07) is 19.6. The summed E-state index contributed by atoms with van der Waals surface area (Å²) in [7, 11) is 3.00. The summed E-state index contributed by atoms with van der Waals surface area (Å²) < 4.78 is 17.2. The molecule has 1 N–H and O–H groups in total. The van der Waals surface area contributed by atoms with Crippen LogP contribution >= 0.6 is 27.7 Å². The summed E-state index contributed by atoms with van der Waals surface area (Å²) in [6.45, 7) is -0.0588. The number of para-hydroxylation sites is 2. The maximum Gasteiger partial charge on any atom is 0.293 e. The van der Waals surface area contributed by atoms with Gasteiger partial charge in [-0.05, 0) is 65.4 Å². The van der Waals surface area contributed by atoms with E-state index < -0.39 is 0 Å². The van der Waals surface area contributed by atoms with Crippen molar-refractivity contribution in [2.45, 2.75) is 6.54 Å².